The Kier molecular flexibility index (Phi) is 36.9. The summed E-state index contributed by atoms with van der Waals surface area (Å²) in [5.74, 6) is 4.36. The second-order valence-electron chi connectivity index (χ2n) is 45.4. The van der Waals surface area contributed by atoms with Crippen molar-refractivity contribution in [2.75, 3.05) is 0 Å². The van der Waals surface area contributed by atoms with Crippen LogP contribution in [0.5, 0.6) is 0 Å². The first-order valence-corrected chi connectivity index (χ1v) is 50.6. The van der Waals surface area contributed by atoms with E-state index in [4.69, 9.17) is 40.2 Å². The van der Waals surface area contributed by atoms with E-state index in [1.807, 2.05) is 6.08 Å². The third kappa shape index (κ3) is 23.7. The van der Waals surface area contributed by atoms with Crippen LogP contribution < -0.4 is 0 Å². The summed E-state index contributed by atoms with van der Waals surface area (Å²) in [6, 6.07) is 61.2. The average molecular weight is 2650 g/mol. The van der Waals surface area contributed by atoms with Crippen LogP contribution in [0.2, 0.25) is 0 Å². The minimum atomic E-state index is -0.990. The van der Waals surface area contributed by atoms with Crippen LogP contribution in [0.1, 0.15) is 354 Å². The molecule has 6 heterocycles. The van der Waals surface area contributed by atoms with Gasteiger partial charge in [-0.3, -0.25) is 9.59 Å². The van der Waals surface area contributed by atoms with E-state index < -0.39 is 11.9 Å². The molecule has 0 amide bonds. The molecule has 8 bridgehead atoms. The van der Waals surface area contributed by atoms with Crippen LogP contribution in [-0.2, 0) is 149 Å². The van der Waals surface area contributed by atoms with Gasteiger partial charge >= 0.3 is 17.7 Å². The standard InChI is InChI=1S/2C30H32N.C22H24N.C22H28N.2C6H5NO2.2C5H8O2.4Pt/c2*1-28(2)20-13-19-15-27(31-17-21(19)25(28)16-20)18-11-12-24-26(14-18)30(5,6)23-10-8-7-9-22(23)29(24,3)4;1-22(2)18-10-17-11-21(23-13-19(17)20(22)12-18)16-8-7-14-5-3-4-6-15(14)9-16;1-5-6-7-8-9-10-11-16(2)21-13-17-12-18-14-20(22(18,3)4)19(17)15-23-21;2*8-6(9)5-3-1-2-4-7-5;2*1-4(6)3-5(2)7;;;;/h2*7-10,12,14-15,17,20,25H,13,16H2,1-6H3;7,9,11,13,18,20H,3-6,10,12H2,1-2H3;8-10,13,15,18,20H,2,5-7,12,14H2,1,3-4H3;2*1-4H,(H,8,9);2*3,6H,1-2H3;;;;/q4*-1;;;;;;;;/p+1/b;;;9-8+;;;;;;;;. The summed E-state index contributed by atoms with van der Waals surface area (Å²) < 4.78 is 0. The van der Waals surface area contributed by atoms with Crippen molar-refractivity contribution < 1.29 is 124 Å². The molecule has 0 radical (unpaired) electrons. The van der Waals surface area contributed by atoms with Crippen molar-refractivity contribution in [2.45, 2.75) is 287 Å². The number of aliphatic hydroxyl groups is 2. The molecule has 5 N–H and O–H groups in total. The number of unbranched alkanes of at least 4 members (excludes halogenated alkanes) is 2. The number of hydrogen-bond acceptors (Lipinski definition) is 11. The number of aryl methyl sites for hydroxylation is 2. The third-order valence-electron chi connectivity index (χ3n) is 33.7. The maximum Gasteiger partial charge on any atom is 0.354 e. The van der Waals surface area contributed by atoms with Gasteiger partial charge in [-0.05, 0) is 289 Å². The predicted octanol–water partition coefficient (Wildman–Crippen LogP) is 29.0. The molecule has 0 spiro atoms. The molecular weight excluding hydrogens is 2510 g/mol. The van der Waals surface area contributed by atoms with Gasteiger partial charge in [0.15, 0.2) is 5.78 Å². The number of hydrogen-bond donors (Lipinski definition) is 4. The van der Waals surface area contributed by atoms with Crippen LogP contribution in [0, 0.1) is 69.6 Å². The monoisotopic (exact) mass is 2650 g/mol. The number of carboxylic acids is 2. The van der Waals surface area contributed by atoms with Crippen molar-refractivity contribution in [1.29, 1.82) is 0 Å². The van der Waals surface area contributed by atoms with E-state index in [-0.39, 0.29) is 140 Å². The summed E-state index contributed by atoms with van der Waals surface area (Å²) in [6.45, 7) is 50.4. The van der Waals surface area contributed by atoms with Crippen LogP contribution >= 0.6 is 0 Å². The summed E-state index contributed by atoms with van der Waals surface area (Å²) in [5.41, 5.74) is 36.8. The smallest absolute Gasteiger partial charge is 0.354 e. The number of benzene rings is 5. The molecule has 15 aliphatic rings. The SMILES string of the molecule is C=C([C-]=C/C=C/CCCC)c1cc2c(cn1)C1CC(C2)C1(C)C.CC(=O)C=C(C)O.CC(=[OH+])C=C(C)O.CC1(C)C2Cc3cc(-c4[c-]cc5c(c4)CCCC5)ncc3C1C2.CC1(C)c2c[c-]c(-c3cc4c(cn3)C3CC(C4)C3(C)C)cc2C(C)(C)c2ccccc21.CC1(C)c2c[c-]c(-c3cc4c(cn3)C3CC(C4)C3(C)C)cc2C(C)(C)c2ccccc21.O=C(O)c1ccccn1.O=C(O)c1ccccn1.[Pt].[Pt].[Pt].[Pt]. The second kappa shape index (κ2) is 46.4. The molecule has 144 heavy (non-hydrogen) atoms. The fraction of sp³-hybridized carbons (Fsp3) is 0.413. The minimum absolute atomic E-state index is 0. The van der Waals surface area contributed by atoms with Crippen molar-refractivity contribution in [3.63, 3.8) is 0 Å². The average Bonchev–Trinajstić information content (AvgIpc) is 0.730. The molecule has 26 rings (SSSR count). The molecule has 15 aliphatic carbocycles. The molecule has 0 aliphatic heterocycles. The molecular formula is C126H143N6O8Pt4-3. The van der Waals surface area contributed by atoms with Crippen LogP contribution in [0.4, 0.5) is 0 Å². The zero-order valence-corrected chi connectivity index (χ0v) is 96.6. The van der Waals surface area contributed by atoms with Gasteiger partial charge < -0.3 is 40.4 Å². The van der Waals surface area contributed by atoms with Crippen LogP contribution in [0.25, 0.3) is 39.3 Å². The normalized spacial score (nSPS) is 21.5. The number of carboxylic acid groups (broad SMARTS) is 2. The molecule has 0 saturated heterocycles. The van der Waals surface area contributed by atoms with Gasteiger partial charge in [-0.2, -0.15) is 6.58 Å². The number of aliphatic hydroxyl groups excluding tert-OH is 2. The quantitative estimate of drug-likeness (QED) is 0.0210. The van der Waals surface area contributed by atoms with E-state index in [1.54, 1.807) is 29.8 Å². The molecule has 6 aromatic heterocycles. The molecule has 768 valence electrons. The Morgan fingerprint density at radius 2 is 0.750 bits per heavy atom. The third-order valence-corrected chi connectivity index (χ3v) is 33.7. The van der Waals surface area contributed by atoms with Gasteiger partial charge in [0.2, 0.25) is 0 Å². The molecule has 11 aromatic rings. The molecule has 4 fully saturated rings. The number of nitrogens with zero attached hydrogens (tertiary/aromatic N) is 6. The zero-order chi connectivity index (χ0) is 101. The van der Waals surface area contributed by atoms with Gasteiger partial charge in [-0.15, -0.1) is 135 Å². The Hall–Kier alpha value is -9.67. The van der Waals surface area contributed by atoms with Gasteiger partial charge in [0.25, 0.3) is 0 Å². The van der Waals surface area contributed by atoms with Gasteiger partial charge in [0.05, 0.1) is 24.5 Å². The number of carbonyl (C=O) groups is 3. The van der Waals surface area contributed by atoms with Gasteiger partial charge in [0.1, 0.15) is 11.4 Å². The number of ketones is 2. The van der Waals surface area contributed by atoms with E-state index in [0.717, 1.165) is 75.5 Å². The minimum Gasteiger partial charge on any atom is -0.512 e. The van der Waals surface area contributed by atoms with E-state index >= 15 is 0 Å². The number of rotatable bonds is 13. The summed E-state index contributed by atoms with van der Waals surface area (Å²) in [5, 5.41) is 33.4. The van der Waals surface area contributed by atoms with Gasteiger partial charge in [-0.25, -0.2) is 19.6 Å². The first-order chi connectivity index (χ1) is 66.3. The maximum absolute atomic E-state index is 10.1. The topological polar surface area (TPSA) is 231 Å². The van der Waals surface area contributed by atoms with Crippen molar-refractivity contribution >= 4 is 29.1 Å². The summed E-state index contributed by atoms with van der Waals surface area (Å²) in [6.07, 6.45) is 42.4. The molecule has 18 heteroatoms. The second-order valence-corrected chi connectivity index (χ2v) is 45.4. The van der Waals surface area contributed by atoms with Crippen molar-refractivity contribution in [3.05, 3.63) is 373 Å². The van der Waals surface area contributed by atoms with Crippen molar-refractivity contribution in [3.8, 4) is 33.8 Å². The van der Waals surface area contributed by atoms with E-state index in [0.29, 0.717) is 39.4 Å². The number of fused-ring (bicyclic) bond motifs is 5. The summed E-state index contributed by atoms with van der Waals surface area (Å²) in [4.78, 5) is 65.2. The van der Waals surface area contributed by atoms with E-state index in [1.165, 1.54) is 254 Å². The number of allylic oxidation sites excluding steroid dienone is 9. The number of pyridine rings is 6. The van der Waals surface area contributed by atoms with E-state index in [9.17, 15) is 14.4 Å². The Morgan fingerprint density at radius 1 is 0.410 bits per heavy atom. The molecule has 8 unspecified atom stereocenters. The summed E-state index contributed by atoms with van der Waals surface area (Å²) >= 11 is 0. The summed E-state index contributed by atoms with van der Waals surface area (Å²) in [7, 11) is 0. The fourth-order valence-corrected chi connectivity index (χ4v) is 24.4. The molecule has 14 nitrogen and oxygen atoms in total. The van der Waals surface area contributed by atoms with Gasteiger partial charge in [-0.1, -0.05) is 235 Å². The largest absolute Gasteiger partial charge is 0.512 e. The Balaban J connectivity index is 0.000000165. The van der Waals surface area contributed by atoms with Crippen molar-refractivity contribution in [2.24, 2.45) is 45.3 Å². The Bertz CT molecular complexity index is 6400. The molecule has 4 saturated carbocycles. The van der Waals surface area contributed by atoms with Crippen molar-refractivity contribution in [1.82, 2.24) is 29.9 Å². The van der Waals surface area contributed by atoms with Crippen LogP contribution in [0.3, 0.4) is 0 Å². The molecule has 8 atom stereocenters. The number of aromatic carboxylic acids is 2. The fourth-order valence-electron chi connectivity index (χ4n) is 24.4. The van der Waals surface area contributed by atoms with Crippen LogP contribution in [-0.4, -0.2) is 78.6 Å². The first kappa shape index (κ1) is 115. The first-order valence-electron chi connectivity index (χ1n) is 50.6. The predicted molar refractivity (Wildman–Crippen MR) is 565 cm³/mol. The maximum atomic E-state index is 10.1. The molecule has 5 aromatic carbocycles. The Labute approximate surface area is 913 Å². The zero-order valence-electron chi connectivity index (χ0n) is 87.5. The number of carbonyl (C=O) groups excluding carboxylic acids is 2. The van der Waals surface area contributed by atoms with Gasteiger partial charge in [0, 0.05) is 128 Å². The van der Waals surface area contributed by atoms with E-state index in [2.05, 4.69) is 310 Å². The van der Waals surface area contributed by atoms with Crippen LogP contribution in [0.15, 0.2) is 231 Å². The number of aromatic nitrogens is 6. The Morgan fingerprint density at radius 3 is 1.06 bits per heavy atom.